The lowest BCUT2D eigenvalue weighted by molar-refractivity contribution is -0.144. The summed E-state index contributed by atoms with van der Waals surface area (Å²) in [7, 11) is 0. The van der Waals surface area contributed by atoms with E-state index in [1.165, 1.54) is 4.90 Å². The third-order valence-electron chi connectivity index (χ3n) is 3.71. The molecule has 21 heavy (non-hydrogen) atoms. The van der Waals surface area contributed by atoms with Crippen molar-refractivity contribution in [3.63, 3.8) is 0 Å². The van der Waals surface area contributed by atoms with Crippen molar-refractivity contribution >= 4 is 33.7 Å². The summed E-state index contributed by atoms with van der Waals surface area (Å²) in [6.45, 7) is 1.81. The van der Waals surface area contributed by atoms with Gasteiger partial charge < -0.3 is 5.11 Å². The van der Waals surface area contributed by atoms with E-state index in [1.807, 2.05) is 30.8 Å². The third-order valence-corrected chi connectivity index (χ3v) is 5.28. The molecule has 1 aliphatic rings. The number of aliphatic carboxylic acids is 1. The predicted octanol–water partition coefficient (Wildman–Crippen LogP) is 4.31. The van der Waals surface area contributed by atoms with Crippen molar-refractivity contribution in [3.05, 3.63) is 28.7 Å². The summed E-state index contributed by atoms with van der Waals surface area (Å²) in [6, 6.07) is 8.69. The predicted molar refractivity (Wildman–Crippen MR) is 90.9 cm³/mol. The third kappa shape index (κ3) is 5.64. The molecule has 0 aromatic heterocycles. The molecule has 2 N–H and O–H groups in total. The van der Waals surface area contributed by atoms with Gasteiger partial charge in [0.05, 0.1) is 0 Å². The molecule has 1 aromatic rings. The fourth-order valence-electron chi connectivity index (χ4n) is 2.25. The Morgan fingerprint density at radius 1 is 1.48 bits per heavy atom. The Bertz CT molecular complexity index is 493. The summed E-state index contributed by atoms with van der Waals surface area (Å²) >= 11 is 5.29. The van der Waals surface area contributed by atoms with Crippen LogP contribution in [0.25, 0.3) is 0 Å². The lowest BCUT2D eigenvalue weighted by atomic mass is 9.95. The van der Waals surface area contributed by atoms with Crippen LogP contribution in [0.1, 0.15) is 39.0 Å². The van der Waals surface area contributed by atoms with E-state index in [2.05, 4.69) is 33.4 Å². The Balaban J connectivity index is 1.69. The maximum Gasteiger partial charge on any atom is 0.323 e. The Morgan fingerprint density at radius 3 is 2.86 bits per heavy atom. The van der Waals surface area contributed by atoms with E-state index < -0.39 is 11.5 Å². The van der Waals surface area contributed by atoms with Gasteiger partial charge in [-0.05, 0) is 56.6 Å². The van der Waals surface area contributed by atoms with Crippen LogP contribution in [0, 0.1) is 0 Å². The van der Waals surface area contributed by atoms with Gasteiger partial charge in [0.2, 0.25) is 0 Å². The molecule has 1 fully saturated rings. The van der Waals surface area contributed by atoms with Crippen LogP contribution in [0.5, 0.6) is 0 Å². The fourth-order valence-corrected chi connectivity index (χ4v) is 3.77. The number of carbonyl (C=O) groups is 1. The minimum absolute atomic E-state index is 0.419. The maximum atomic E-state index is 11.4. The highest BCUT2D eigenvalue weighted by Crippen LogP contribution is 2.27. The molecule has 5 heteroatoms. The number of benzene rings is 1. The molecule has 116 valence electrons. The summed E-state index contributed by atoms with van der Waals surface area (Å²) in [6.07, 6.45) is 4.89. The van der Waals surface area contributed by atoms with Gasteiger partial charge >= 0.3 is 5.97 Å². The number of rotatable bonds is 9. The number of halogens is 1. The van der Waals surface area contributed by atoms with Gasteiger partial charge in [0.15, 0.2) is 0 Å². The maximum absolute atomic E-state index is 11.4. The first-order valence-corrected chi connectivity index (χ1v) is 9.17. The Morgan fingerprint density at radius 2 is 2.24 bits per heavy atom. The van der Waals surface area contributed by atoms with E-state index in [0.717, 1.165) is 35.9 Å². The Kier molecular flexibility index (Phi) is 6.14. The lowest BCUT2D eigenvalue weighted by Gasteiger charge is -2.26. The zero-order chi connectivity index (χ0) is 15.3. The SMILES string of the molecule is CC(CCCCSc1cccc(Br)c1)(NC1CC1)C(=O)O. The molecule has 0 saturated heterocycles. The van der Waals surface area contributed by atoms with Crippen LogP contribution in [0.15, 0.2) is 33.6 Å². The minimum atomic E-state index is -0.762. The zero-order valence-electron chi connectivity index (χ0n) is 12.3. The number of carboxylic acids is 1. The van der Waals surface area contributed by atoms with Crippen molar-refractivity contribution in [3.8, 4) is 0 Å². The van der Waals surface area contributed by atoms with Crippen molar-refractivity contribution in [2.75, 3.05) is 5.75 Å². The van der Waals surface area contributed by atoms with Crippen LogP contribution in [0.2, 0.25) is 0 Å². The summed E-state index contributed by atoms with van der Waals surface area (Å²) in [4.78, 5) is 12.7. The number of thioether (sulfide) groups is 1. The molecule has 1 aliphatic carbocycles. The highest BCUT2D eigenvalue weighted by atomic mass is 79.9. The fraction of sp³-hybridized carbons (Fsp3) is 0.562. The van der Waals surface area contributed by atoms with E-state index in [-0.39, 0.29) is 0 Å². The van der Waals surface area contributed by atoms with Gasteiger partial charge in [0.1, 0.15) is 5.54 Å². The second-order valence-corrected chi connectivity index (χ2v) is 7.90. The van der Waals surface area contributed by atoms with Crippen molar-refractivity contribution in [2.45, 2.75) is 55.5 Å². The van der Waals surface area contributed by atoms with Gasteiger partial charge in [-0.25, -0.2) is 0 Å². The summed E-state index contributed by atoms with van der Waals surface area (Å²) < 4.78 is 1.10. The Hall–Kier alpha value is -0.520. The monoisotopic (exact) mass is 371 g/mol. The molecule has 0 bridgehead atoms. The molecule has 2 rings (SSSR count). The quantitative estimate of drug-likeness (QED) is 0.501. The summed E-state index contributed by atoms with van der Waals surface area (Å²) in [5.41, 5.74) is -0.762. The average molecular weight is 372 g/mol. The van der Waals surface area contributed by atoms with Crippen molar-refractivity contribution < 1.29 is 9.90 Å². The molecule has 0 radical (unpaired) electrons. The van der Waals surface area contributed by atoms with Crippen LogP contribution in [0.4, 0.5) is 0 Å². The lowest BCUT2D eigenvalue weighted by Crippen LogP contribution is -2.50. The normalized spacial score (nSPS) is 17.4. The molecule has 1 aromatic carbocycles. The van der Waals surface area contributed by atoms with E-state index in [0.29, 0.717) is 12.5 Å². The number of carboxylic acid groups (broad SMARTS) is 1. The zero-order valence-corrected chi connectivity index (χ0v) is 14.7. The number of hydrogen-bond donors (Lipinski definition) is 2. The van der Waals surface area contributed by atoms with Crippen LogP contribution >= 0.6 is 27.7 Å². The highest BCUT2D eigenvalue weighted by molar-refractivity contribution is 9.10. The van der Waals surface area contributed by atoms with Crippen molar-refractivity contribution in [2.24, 2.45) is 0 Å². The molecule has 1 unspecified atom stereocenters. The average Bonchev–Trinajstić information content (AvgIpc) is 3.22. The van der Waals surface area contributed by atoms with Gasteiger partial charge in [-0.2, -0.15) is 0 Å². The largest absolute Gasteiger partial charge is 0.480 e. The van der Waals surface area contributed by atoms with Crippen LogP contribution < -0.4 is 5.32 Å². The molecule has 0 spiro atoms. The summed E-state index contributed by atoms with van der Waals surface area (Å²) in [5, 5.41) is 12.7. The van der Waals surface area contributed by atoms with Gasteiger partial charge in [0, 0.05) is 15.4 Å². The number of unbranched alkanes of at least 4 members (excludes halogenated alkanes) is 1. The van der Waals surface area contributed by atoms with E-state index in [1.54, 1.807) is 0 Å². The molecule has 1 atom stereocenters. The molecular weight excluding hydrogens is 350 g/mol. The standard InChI is InChI=1S/C16H22BrNO2S/c1-16(15(19)20,18-13-7-8-13)9-2-3-10-21-14-6-4-5-12(17)11-14/h4-6,11,13,18H,2-3,7-10H2,1H3,(H,19,20). The Labute approximate surface area is 139 Å². The van der Waals surface area contributed by atoms with Crippen molar-refractivity contribution in [1.29, 1.82) is 0 Å². The van der Waals surface area contributed by atoms with Gasteiger partial charge in [-0.15, -0.1) is 11.8 Å². The van der Waals surface area contributed by atoms with Crippen LogP contribution in [0.3, 0.4) is 0 Å². The molecule has 0 aliphatic heterocycles. The summed E-state index contributed by atoms with van der Waals surface area (Å²) in [5.74, 6) is 0.296. The van der Waals surface area contributed by atoms with Gasteiger partial charge in [0.25, 0.3) is 0 Å². The molecule has 0 heterocycles. The smallest absolute Gasteiger partial charge is 0.323 e. The molecular formula is C16H22BrNO2S. The number of hydrogen-bond acceptors (Lipinski definition) is 3. The van der Waals surface area contributed by atoms with Crippen LogP contribution in [-0.2, 0) is 4.79 Å². The first kappa shape index (κ1) is 16.8. The first-order chi connectivity index (χ1) is 9.99. The van der Waals surface area contributed by atoms with Gasteiger partial charge in [-0.1, -0.05) is 28.4 Å². The molecule has 3 nitrogen and oxygen atoms in total. The highest BCUT2D eigenvalue weighted by Gasteiger charge is 2.37. The van der Waals surface area contributed by atoms with E-state index >= 15 is 0 Å². The van der Waals surface area contributed by atoms with Gasteiger partial charge in [-0.3, -0.25) is 10.1 Å². The van der Waals surface area contributed by atoms with E-state index in [4.69, 9.17) is 0 Å². The molecule has 1 saturated carbocycles. The van der Waals surface area contributed by atoms with Crippen LogP contribution in [-0.4, -0.2) is 28.4 Å². The second-order valence-electron chi connectivity index (χ2n) is 5.82. The topological polar surface area (TPSA) is 49.3 Å². The second kappa shape index (κ2) is 7.65. The van der Waals surface area contributed by atoms with E-state index in [9.17, 15) is 9.90 Å². The molecule has 0 amide bonds. The minimum Gasteiger partial charge on any atom is -0.480 e. The van der Waals surface area contributed by atoms with Crippen molar-refractivity contribution in [1.82, 2.24) is 5.32 Å². The first-order valence-electron chi connectivity index (χ1n) is 7.39. The number of nitrogens with one attached hydrogen (secondary N) is 1.